The number of hydrogen-bond donors (Lipinski definition) is 1. The smallest absolute Gasteiger partial charge is 0.220 e. The molecule has 0 aliphatic carbocycles. The number of benzene rings is 2. The van der Waals surface area contributed by atoms with Crippen LogP contribution < -0.4 is 10.1 Å². The molecular weight excluding hydrogens is 433 g/mol. The molecule has 30 heavy (non-hydrogen) atoms. The van der Waals surface area contributed by atoms with Gasteiger partial charge in [0.25, 0.3) is 0 Å². The van der Waals surface area contributed by atoms with Crippen LogP contribution in [-0.4, -0.2) is 36.5 Å². The molecule has 0 unspecified atom stereocenters. The average Bonchev–Trinajstić information content (AvgIpc) is 2.71. The van der Waals surface area contributed by atoms with Crippen molar-refractivity contribution in [2.24, 2.45) is 0 Å². The van der Waals surface area contributed by atoms with Crippen molar-refractivity contribution >= 4 is 29.1 Å². The third-order valence-corrected chi connectivity index (χ3v) is 5.57. The highest BCUT2D eigenvalue weighted by molar-refractivity contribution is 6.35. The van der Waals surface area contributed by atoms with E-state index < -0.39 is 11.6 Å². The third kappa shape index (κ3) is 6.83. The van der Waals surface area contributed by atoms with Crippen molar-refractivity contribution < 1.29 is 18.3 Å². The fourth-order valence-corrected chi connectivity index (χ4v) is 3.90. The molecule has 1 heterocycles. The highest BCUT2D eigenvalue weighted by atomic mass is 35.5. The number of rotatable bonds is 8. The predicted molar refractivity (Wildman–Crippen MR) is 114 cm³/mol. The first kappa shape index (κ1) is 22.8. The Morgan fingerprint density at radius 3 is 2.57 bits per heavy atom. The molecule has 0 aromatic heterocycles. The average molecular weight is 457 g/mol. The Balaban J connectivity index is 1.32. The summed E-state index contributed by atoms with van der Waals surface area (Å²) in [5.41, 5.74) is 0.747. The van der Waals surface area contributed by atoms with Gasteiger partial charge in [-0.1, -0.05) is 29.3 Å². The van der Waals surface area contributed by atoms with Gasteiger partial charge in [-0.15, -0.1) is 0 Å². The number of ether oxygens (including phenoxy) is 1. The van der Waals surface area contributed by atoms with Gasteiger partial charge in [-0.3, -0.25) is 9.69 Å². The van der Waals surface area contributed by atoms with Crippen molar-refractivity contribution in [2.45, 2.75) is 38.3 Å². The maximum Gasteiger partial charge on any atom is 0.220 e. The summed E-state index contributed by atoms with van der Waals surface area (Å²) in [5.74, 6) is -1.10. The van der Waals surface area contributed by atoms with Gasteiger partial charge in [0.1, 0.15) is 5.75 Å². The van der Waals surface area contributed by atoms with E-state index in [4.69, 9.17) is 27.9 Å². The van der Waals surface area contributed by atoms with Crippen molar-refractivity contribution in [3.63, 3.8) is 0 Å². The molecule has 1 saturated heterocycles. The maximum absolute atomic E-state index is 13.3. The lowest BCUT2D eigenvalue weighted by Gasteiger charge is -2.32. The lowest BCUT2D eigenvalue weighted by atomic mass is 10.0. The van der Waals surface area contributed by atoms with Crippen LogP contribution in [0, 0.1) is 11.6 Å². The molecule has 0 atom stereocenters. The molecule has 0 spiro atoms. The molecule has 2 aromatic rings. The number of carbonyl (C=O) groups excluding carboxylic acids is 1. The van der Waals surface area contributed by atoms with Crippen LogP contribution in [0.1, 0.15) is 31.2 Å². The van der Waals surface area contributed by atoms with E-state index in [2.05, 4.69) is 10.2 Å². The highest BCUT2D eigenvalue weighted by Gasteiger charge is 2.21. The van der Waals surface area contributed by atoms with E-state index >= 15 is 0 Å². The summed E-state index contributed by atoms with van der Waals surface area (Å²) in [6.45, 7) is 2.55. The van der Waals surface area contributed by atoms with Gasteiger partial charge in [-0.05, 0) is 55.2 Å². The van der Waals surface area contributed by atoms with Crippen LogP contribution in [0.3, 0.4) is 0 Å². The van der Waals surface area contributed by atoms with Crippen molar-refractivity contribution in [3.05, 3.63) is 63.6 Å². The fraction of sp³-hybridized carbons (Fsp3) is 0.409. The van der Waals surface area contributed by atoms with E-state index in [1.165, 1.54) is 6.07 Å². The van der Waals surface area contributed by atoms with Gasteiger partial charge in [0, 0.05) is 37.1 Å². The lowest BCUT2D eigenvalue weighted by Crippen LogP contribution is -2.44. The molecule has 2 aromatic carbocycles. The summed E-state index contributed by atoms with van der Waals surface area (Å²) >= 11 is 11.9. The molecule has 162 valence electrons. The Hall–Kier alpha value is -1.89. The van der Waals surface area contributed by atoms with Crippen LogP contribution in [0.4, 0.5) is 8.78 Å². The standard InChI is InChI=1S/C22H24Cl2F2N2O2/c23-16-4-6-21(18(24)13-16)30-11-1-2-22(29)27-17-7-9-28(10-8-17)14-15-3-5-19(25)20(26)12-15/h3-6,12-13,17H,1-2,7-11,14H2,(H,27,29). The molecular formula is C22H24Cl2F2N2O2. The zero-order valence-corrected chi connectivity index (χ0v) is 18.0. The second kappa shape index (κ2) is 10.9. The van der Waals surface area contributed by atoms with Gasteiger partial charge in [0.2, 0.25) is 5.91 Å². The molecule has 4 nitrogen and oxygen atoms in total. The van der Waals surface area contributed by atoms with Crippen LogP contribution in [-0.2, 0) is 11.3 Å². The van der Waals surface area contributed by atoms with Crippen molar-refractivity contribution in [1.82, 2.24) is 10.2 Å². The summed E-state index contributed by atoms with van der Waals surface area (Å²) in [4.78, 5) is 14.4. The quantitative estimate of drug-likeness (QED) is 0.554. The van der Waals surface area contributed by atoms with E-state index in [9.17, 15) is 13.6 Å². The molecule has 0 bridgehead atoms. The maximum atomic E-state index is 13.3. The zero-order chi connectivity index (χ0) is 21.5. The summed E-state index contributed by atoms with van der Waals surface area (Å²) in [7, 11) is 0. The normalized spacial score (nSPS) is 15.2. The number of halogens is 4. The van der Waals surface area contributed by atoms with Crippen LogP contribution in [0.5, 0.6) is 5.75 Å². The molecule has 1 amide bonds. The molecule has 0 saturated carbocycles. The van der Waals surface area contributed by atoms with E-state index in [-0.39, 0.29) is 11.9 Å². The monoisotopic (exact) mass is 456 g/mol. The minimum absolute atomic E-state index is 0.000131. The largest absolute Gasteiger partial charge is 0.492 e. The third-order valence-electron chi connectivity index (χ3n) is 5.04. The molecule has 3 rings (SSSR count). The van der Waals surface area contributed by atoms with Crippen molar-refractivity contribution in [3.8, 4) is 5.75 Å². The summed E-state index contributed by atoms with van der Waals surface area (Å²) in [6, 6.07) is 9.15. The number of piperidine rings is 1. The topological polar surface area (TPSA) is 41.6 Å². The molecule has 1 aliphatic rings. The van der Waals surface area contributed by atoms with Gasteiger partial charge in [0.15, 0.2) is 11.6 Å². The molecule has 0 radical (unpaired) electrons. The first-order chi connectivity index (χ1) is 14.4. The molecule has 1 aliphatic heterocycles. The van der Waals surface area contributed by atoms with Gasteiger partial charge >= 0.3 is 0 Å². The minimum atomic E-state index is -0.832. The number of amides is 1. The van der Waals surface area contributed by atoms with E-state index in [0.29, 0.717) is 41.8 Å². The lowest BCUT2D eigenvalue weighted by molar-refractivity contribution is -0.122. The second-order valence-electron chi connectivity index (χ2n) is 7.39. The summed E-state index contributed by atoms with van der Waals surface area (Å²) < 4.78 is 32.0. The number of nitrogens with one attached hydrogen (secondary N) is 1. The number of nitrogens with zero attached hydrogens (tertiary/aromatic N) is 1. The number of hydrogen-bond acceptors (Lipinski definition) is 3. The predicted octanol–water partition coefficient (Wildman–Crippen LogP) is 5.21. The summed E-state index contributed by atoms with van der Waals surface area (Å²) in [6.07, 6.45) is 2.61. The number of carbonyl (C=O) groups is 1. The Morgan fingerprint density at radius 1 is 1.10 bits per heavy atom. The van der Waals surface area contributed by atoms with E-state index in [1.807, 2.05) is 0 Å². The Morgan fingerprint density at radius 2 is 1.87 bits per heavy atom. The Kier molecular flexibility index (Phi) is 8.31. The highest BCUT2D eigenvalue weighted by Crippen LogP contribution is 2.27. The van der Waals surface area contributed by atoms with E-state index in [1.54, 1.807) is 24.3 Å². The van der Waals surface area contributed by atoms with Crippen LogP contribution in [0.25, 0.3) is 0 Å². The van der Waals surface area contributed by atoms with Crippen LogP contribution >= 0.6 is 23.2 Å². The number of likely N-dealkylation sites (tertiary alicyclic amines) is 1. The van der Waals surface area contributed by atoms with Gasteiger partial charge in [0.05, 0.1) is 11.6 Å². The second-order valence-corrected chi connectivity index (χ2v) is 8.24. The van der Waals surface area contributed by atoms with Crippen molar-refractivity contribution in [1.29, 1.82) is 0 Å². The zero-order valence-electron chi connectivity index (χ0n) is 16.5. The van der Waals surface area contributed by atoms with E-state index in [0.717, 1.165) is 37.6 Å². The van der Waals surface area contributed by atoms with Crippen LogP contribution in [0.15, 0.2) is 36.4 Å². The molecule has 8 heteroatoms. The molecule has 1 N–H and O–H groups in total. The minimum Gasteiger partial charge on any atom is -0.492 e. The first-order valence-corrected chi connectivity index (χ1v) is 10.7. The SMILES string of the molecule is O=C(CCCOc1ccc(Cl)cc1Cl)NC1CCN(Cc2ccc(F)c(F)c2)CC1. The Labute approximate surface area is 185 Å². The Bertz CT molecular complexity index is 874. The van der Waals surface area contributed by atoms with Crippen LogP contribution in [0.2, 0.25) is 10.0 Å². The first-order valence-electron chi connectivity index (χ1n) is 9.94. The summed E-state index contributed by atoms with van der Waals surface area (Å²) in [5, 5.41) is 4.05. The van der Waals surface area contributed by atoms with Gasteiger partial charge in [-0.2, -0.15) is 0 Å². The van der Waals surface area contributed by atoms with Gasteiger partial charge < -0.3 is 10.1 Å². The molecule has 1 fully saturated rings. The van der Waals surface area contributed by atoms with Crippen molar-refractivity contribution in [2.75, 3.05) is 19.7 Å². The fourth-order valence-electron chi connectivity index (χ4n) is 3.44. The van der Waals surface area contributed by atoms with Gasteiger partial charge in [-0.25, -0.2) is 8.78 Å².